The monoisotopic (exact) mass is 463 g/mol. The Bertz CT molecular complexity index is 1280. The molecular weight excluding hydrogens is 438 g/mol. The van der Waals surface area contributed by atoms with Crippen molar-refractivity contribution in [2.24, 2.45) is 0 Å². The van der Waals surface area contributed by atoms with Gasteiger partial charge >= 0.3 is 0 Å². The number of rotatable bonds is 8. The number of benzene rings is 2. The molecule has 0 fully saturated rings. The Labute approximate surface area is 198 Å². The molecule has 2 heterocycles. The normalized spacial score (nSPS) is 11.9. The van der Waals surface area contributed by atoms with Crippen LogP contribution in [0.4, 0.5) is 5.82 Å². The molecule has 2 aromatic carbocycles. The lowest BCUT2D eigenvalue weighted by molar-refractivity contribution is 0.287. The van der Waals surface area contributed by atoms with E-state index in [1.54, 1.807) is 12.4 Å². The first kappa shape index (κ1) is 22.7. The van der Waals surface area contributed by atoms with Crippen LogP contribution in [0, 0.1) is 6.92 Å². The highest BCUT2D eigenvalue weighted by molar-refractivity contribution is 6.32. The van der Waals surface area contributed by atoms with Gasteiger partial charge in [0, 0.05) is 23.3 Å². The van der Waals surface area contributed by atoms with E-state index < -0.39 is 6.04 Å². The van der Waals surface area contributed by atoms with Crippen LogP contribution < -0.4 is 14.8 Å². The van der Waals surface area contributed by atoms with E-state index in [1.165, 1.54) is 0 Å². The van der Waals surface area contributed by atoms with Gasteiger partial charge < -0.3 is 19.9 Å². The van der Waals surface area contributed by atoms with Gasteiger partial charge in [0.15, 0.2) is 11.5 Å². The number of hydrogen-bond acceptors (Lipinski definition) is 6. The predicted octanol–water partition coefficient (Wildman–Crippen LogP) is 6.30. The van der Waals surface area contributed by atoms with Crippen LogP contribution in [-0.4, -0.2) is 28.3 Å². The first-order valence-electron chi connectivity index (χ1n) is 10.9. The second-order valence-corrected chi connectivity index (χ2v) is 7.98. The quantitative estimate of drug-likeness (QED) is 0.319. The van der Waals surface area contributed by atoms with Gasteiger partial charge in [0.05, 0.1) is 24.3 Å². The summed E-state index contributed by atoms with van der Waals surface area (Å²) >= 11 is 6.62. The second-order valence-electron chi connectivity index (χ2n) is 7.57. The summed E-state index contributed by atoms with van der Waals surface area (Å²) in [6, 6.07) is 14.7. The van der Waals surface area contributed by atoms with Crippen LogP contribution in [0.1, 0.15) is 36.6 Å². The fraction of sp³-hybridized carbons (Fsp3) is 0.231. The van der Waals surface area contributed by atoms with Crippen molar-refractivity contribution in [3.63, 3.8) is 0 Å². The summed E-state index contributed by atoms with van der Waals surface area (Å²) in [5.41, 5.74) is 3.03. The largest absolute Gasteiger partial charge is 0.505 e. The Hall–Kier alpha value is -3.51. The van der Waals surface area contributed by atoms with Crippen molar-refractivity contribution in [3.05, 3.63) is 82.6 Å². The number of halogens is 1. The Kier molecular flexibility index (Phi) is 6.84. The number of nitrogens with one attached hydrogen (secondary N) is 1. The number of aromatic hydroxyl groups is 1. The molecule has 33 heavy (non-hydrogen) atoms. The van der Waals surface area contributed by atoms with Gasteiger partial charge in [0.2, 0.25) is 0 Å². The molecule has 0 unspecified atom stereocenters. The van der Waals surface area contributed by atoms with Crippen LogP contribution in [0.15, 0.2) is 60.9 Å². The first-order valence-corrected chi connectivity index (χ1v) is 11.2. The van der Waals surface area contributed by atoms with Crippen molar-refractivity contribution in [2.45, 2.75) is 26.8 Å². The number of aromatic nitrogens is 2. The maximum atomic E-state index is 11.2. The third-order valence-corrected chi connectivity index (χ3v) is 5.53. The first-order chi connectivity index (χ1) is 16.0. The third kappa shape index (κ3) is 4.81. The summed E-state index contributed by atoms with van der Waals surface area (Å²) in [6.07, 6.45) is 3.41. The molecular formula is C26H26ClN3O3. The zero-order chi connectivity index (χ0) is 23.4. The average Bonchev–Trinajstić information content (AvgIpc) is 2.80. The van der Waals surface area contributed by atoms with Gasteiger partial charge in [-0.15, -0.1) is 0 Å². The van der Waals surface area contributed by atoms with E-state index in [2.05, 4.69) is 15.3 Å². The summed E-state index contributed by atoms with van der Waals surface area (Å²) < 4.78 is 11.6. The van der Waals surface area contributed by atoms with Crippen LogP contribution in [-0.2, 0) is 0 Å². The van der Waals surface area contributed by atoms with Gasteiger partial charge in [0.25, 0.3) is 0 Å². The molecule has 0 bridgehead atoms. The lowest BCUT2D eigenvalue weighted by Gasteiger charge is -2.24. The van der Waals surface area contributed by atoms with Gasteiger partial charge in [-0.1, -0.05) is 29.8 Å². The molecule has 0 radical (unpaired) electrons. The van der Waals surface area contributed by atoms with Crippen LogP contribution in [0.5, 0.6) is 17.2 Å². The van der Waals surface area contributed by atoms with Crippen LogP contribution in [0.2, 0.25) is 5.02 Å². The highest BCUT2D eigenvalue weighted by Crippen LogP contribution is 2.42. The number of pyridine rings is 2. The number of ether oxygens (including phenoxy) is 2. The van der Waals surface area contributed by atoms with Crippen molar-refractivity contribution in [3.8, 4) is 17.2 Å². The number of aryl methyl sites for hydroxylation is 1. The fourth-order valence-corrected chi connectivity index (χ4v) is 4.06. The molecule has 0 aliphatic rings. The lowest BCUT2D eigenvalue weighted by Crippen LogP contribution is -2.14. The second kappa shape index (κ2) is 9.96. The van der Waals surface area contributed by atoms with Gasteiger partial charge in [-0.3, -0.25) is 4.98 Å². The van der Waals surface area contributed by atoms with Crippen LogP contribution in [0.3, 0.4) is 0 Å². The minimum atomic E-state index is -0.474. The number of phenols is 1. The maximum Gasteiger partial charge on any atom is 0.179 e. The molecule has 2 N–H and O–H groups in total. The van der Waals surface area contributed by atoms with Crippen molar-refractivity contribution < 1.29 is 14.6 Å². The number of fused-ring (bicyclic) bond motifs is 1. The van der Waals surface area contributed by atoms with Crippen molar-refractivity contribution in [2.75, 3.05) is 18.5 Å². The number of hydrogen-bond donors (Lipinski definition) is 2. The highest BCUT2D eigenvalue weighted by Gasteiger charge is 2.24. The van der Waals surface area contributed by atoms with Crippen molar-refractivity contribution >= 4 is 28.3 Å². The summed E-state index contributed by atoms with van der Waals surface area (Å²) in [4.78, 5) is 8.83. The molecule has 0 aliphatic heterocycles. The number of nitrogens with zero attached hydrogens (tertiary/aromatic N) is 2. The molecule has 7 heteroatoms. The summed E-state index contributed by atoms with van der Waals surface area (Å²) in [5, 5.41) is 15.9. The highest BCUT2D eigenvalue weighted by atomic mass is 35.5. The Morgan fingerprint density at radius 3 is 2.58 bits per heavy atom. The van der Waals surface area contributed by atoms with E-state index in [0.717, 1.165) is 16.5 Å². The van der Waals surface area contributed by atoms with E-state index in [9.17, 15) is 5.11 Å². The number of anilines is 1. The van der Waals surface area contributed by atoms with Gasteiger partial charge in [-0.05, 0) is 62.2 Å². The Morgan fingerprint density at radius 1 is 1.00 bits per heavy atom. The summed E-state index contributed by atoms with van der Waals surface area (Å²) in [5.74, 6) is 1.82. The third-order valence-electron chi connectivity index (χ3n) is 5.25. The molecule has 4 rings (SSSR count). The minimum absolute atomic E-state index is 0.0984. The number of phenolic OH excluding ortho intramolecular Hbond substituents is 1. The van der Waals surface area contributed by atoms with Gasteiger partial charge in [0.1, 0.15) is 17.1 Å². The molecule has 0 aliphatic carbocycles. The van der Waals surface area contributed by atoms with E-state index >= 15 is 0 Å². The molecule has 170 valence electrons. The minimum Gasteiger partial charge on any atom is -0.505 e. The molecule has 0 saturated carbocycles. The molecule has 1 atom stereocenters. The van der Waals surface area contributed by atoms with Gasteiger partial charge in [-0.2, -0.15) is 0 Å². The zero-order valence-corrected chi connectivity index (χ0v) is 19.6. The van der Waals surface area contributed by atoms with Crippen molar-refractivity contribution in [1.82, 2.24) is 9.97 Å². The van der Waals surface area contributed by atoms with Crippen LogP contribution >= 0.6 is 11.6 Å². The standard InChI is InChI=1S/C26H26ClN3O3/c1-4-32-21-15-18(14-20(27)26(21)33-5-2)23(30-22-13-16(3)10-12-28-22)19-9-8-17-7-6-11-29-24(17)25(19)31/h6-15,23,31H,4-5H2,1-3H3,(H,28,30)/t23-/m1/s1. The topological polar surface area (TPSA) is 76.5 Å². The Morgan fingerprint density at radius 2 is 1.82 bits per heavy atom. The zero-order valence-electron chi connectivity index (χ0n) is 18.8. The van der Waals surface area contributed by atoms with Gasteiger partial charge in [-0.25, -0.2) is 4.98 Å². The maximum absolute atomic E-state index is 11.2. The van der Waals surface area contributed by atoms with E-state index in [1.807, 2.05) is 69.3 Å². The van der Waals surface area contributed by atoms with E-state index in [-0.39, 0.29) is 5.75 Å². The fourth-order valence-electron chi connectivity index (χ4n) is 3.78. The van der Waals surface area contributed by atoms with E-state index in [4.69, 9.17) is 21.1 Å². The summed E-state index contributed by atoms with van der Waals surface area (Å²) in [7, 11) is 0. The predicted molar refractivity (Wildman–Crippen MR) is 132 cm³/mol. The molecule has 2 aromatic heterocycles. The smallest absolute Gasteiger partial charge is 0.179 e. The summed E-state index contributed by atoms with van der Waals surface area (Å²) in [6.45, 7) is 6.73. The molecule has 4 aromatic rings. The molecule has 0 saturated heterocycles. The molecule has 0 spiro atoms. The molecule has 0 amide bonds. The average molecular weight is 464 g/mol. The lowest BCUT2D eigenvalue weighted by atomic mass is 9.95. The SMILES string of the molecule is CCOc1cc([C@@H](Nc2cc(C)ccn2)c2ccc3cccnc3c2O)cc(Cl)c1OCC. The van der Waals surface area contributed by atoms with E-state index in [0.29, 0.717) is 46.6 Å². The van der Waals surface area contributed by atoms with Crippen molar-refractivity contribution in [1.29, 1.82) is 0 Å². The molecule has 6 nitrogen and oxygen atoms in total. The Balaban J connectivity index is 1.89. The van der Waals surface area contributed by atoms with Crippen LogP contribution in [0.25, 0.3) is 10.9 Å².